The predicted octanol–water partition coefficient (Wildman–Crippen LogP) is 1.95. The summed E-state index contributed by atoms with van der Waals surface area (Å²) in [6, 6.07) is 4.75. The molecule has 1 atom stereocenters. The van der Waals surface area contributed by atoms with Crippen LogP contribution in [0.2, 0.25) is 0 Å². The fourth-order valence-corrected chi connectivity index (χ4v) is 2.75. The molecule has 1 fully saturated rings. The molecule has 144 valence electrons. The summed E-state index contributed by atoms with van der Waals surface area (Å²) in [5.41, 5.74) is 1.03. The van der Waals surface area contributed by atoms with Gasteiger partial charge in [0.25, 0.3) is 5.91 Å². The summed E-state index contributed by atoms with van der Waals surface area (Å²) in [7, 11) is 3.05. The number of esters is 1. The highest BCUT2D eigenvalue weighted by atomic mass is 16.5. The molecule has 1 aromatic carbocycles. The van der Waals surface area contributed by atoms with Crippen molar-refractivity contribution in [3.63, 3.8) is 0 Å². The fraction of sp³-hybridized carbons (Fsp3) is 0.579. The number of hydrogen-bond acceptors (Lipinski definition) is 6. The molecule has 0 aliphatic heterocycles. The van der Waals surface area contributed by atoms with Crippen molar-refractivity contribution in [1.29, 1.82) is 0 Å². The van der Waals surface area contributed by atoms with Gasteiger partial charge in [-0.3, -0.25) is 4.79 Å². The molecule has 0 heterocycles. The van der Waals surface area contributed by atoms with Gasteiger partial charge in [-0.25, -0.2) is 4.79 Å². The lowest BCUT2D eigenvalue weighted by atomic mass is 10.2. The molecular formula is C19H27NO6. The summed E-state index contributed by atoms with van der Waals surface area (Å²) in [5, 5.41) is 0. The van der Waals surface area contributed by atoms with E-state index in [-0.39, 0.29) is 31.8 Å². The summed E-state index contributed by atoms with van der Waals surface area (Å²) in [4.78, 5) is 26.6. The van der Waals surface area contributed by atoms with Crippen LogP contribution in [0.15, 0.2) is 18.2 Å². The number of aryl methyl sites for hydroxylation is 1. The Morgan fingerprint density at radius 3 is 2.54 bits per heavy atom. The van der Waals surface area contributed by atoms with Crippen LogP contribution in [-0.2, 0) is 19.1 Å². The van der Waals surface area contributed by atoms with Gasteiger partial charge in [0.1, 0.15) is 0 Å². The Kier molecular flexibility index (Phi) is 7.26. The van der Waals surface area contributed by atoms with Crippen LogP contribution in [0.25, 0.3) is 0 Å². The molecule has 2 rings (SSSR count). The molecule has 1 amide bonds. The van der Waals surface area contributed by atoms with E-state index in [0.717, 1.165) is 18.4 Å². The average Bonchev–Trinajstić information content (AvgIpc) is 3.45. The van der Waals surface area contributed by atoms with Crippen LogP contribution in [0.5, 0.6) is 11.5 Å². The first-order valence-electron chi connectivity index (χ1n) is 8.76. The molecule has 7 heteroatoms. The Bertz CT molecular complexity index is 628. The topological polar surface area (TPSA) is 74.3 Å². The number of ether oxygens (including phenoxy) is 4. The standard InChI is InChI=1S/C19H27NO6/c1-5-25-19(22)15(11-23-3)20(14-7-8-14)18(21)12-26-16-9-6-13(2)10-17(16)24-4/h6,9-10,14-15H,5,7-8,11-12H2,1-4H3. The van der Waals surface area contributed by atoms with E-state index in [9.17, 15) is 9.59 Å². The quantitative estimate of drug-likeness (QED) is 0.590. The maximum Gasteiger partial charge on any atom is 0.331 e. The van der Waals surface area contributed by atoms with Crippen LogP contribution < -0.4 is 9.47 Å². The van der Waals surface area contributed by atoms with Crippen LogP contribution in [0.1, 0.15) is 25.3 Å². The lowest BCUT2D eigenvalue weighted by Crippen LogP contribution is -2.51. The molecule has 0 aromatic heterocycles. The molecule has 7 nitrogen and oxygen atoms in total. The summed E-state index contributed by atoms with van der Waals surface area (Å²) in [5.74, 6) is 0.323. The van der Waals surface area contributed by atoms with Crippen LogP contribution >= 0.6 is 0 Å². The van der Waals surface area contributed by atoms with Crippen molar-refractivity contribution < 1.29 is 28.5 Å². The maximum absolute atomic E-state index is 12.8. The van der Waals surface area contributed by atoms with E-state index in [1.807, 2.05) is 19.1 Å². The largest absolute Gasteiger partial charge is 0.493 e. The van der Waals surface area contributed by atoms with Gasteiger partial charge in [0.05, 0.1) is 20.3 Å². The molecule has 1 saturated carbocycles. The second kappa shape index (κ2) is 9.43. The summed E-state index contributed by atoms with van der Waals surface area (Å²) < 4.78 is 21.2. The molecular weight excluding hydrogens is 338 g/mol. The molecule has 1 aromatic rings. The summed E-state index contributed by atoms with van der Waals surface area (Å²) >= 11 is 0. The van der Waals surface area contributed by atoms with Crippen molar-refractivity contribution >= 4 is 11.9 Å². The Balaban J connectivity index is 2.09. The molecule has 0 N–H and O–H groups in total. The fourth-order valence-electron chi connectivity index (χ4n) is 2.75. The third-order valence-corrected chi connectivity index (χ3v) is 4.12. The van der Waals surface area contributed by atoms with Crippen molar-refractivity contribution in [1.82, 2.24) is 4.90 Å². The molecule has 26 heavy (non-hydrogen) atoms. The van der Waals surface area contributed by atoms with Crippen LogP contribution in [-0.4, -0.2) is 62.9 Å². The highest BCUT2D eigenvalue weighted by Crippen LogP contribution is 2.31. The number of benzene rings is 1. The van der Waals surface area contributed by atoms with Crippen LogP contribution in [0.4, 0.5) is 0 Å². The van der Waals surface area contributed by atoms with E-state index >= 15 is 0 Å². The first-order valence-corrected chi connectivity index (χ1v) is 8.76. The van der Waals surface area contributed by atoms with Crippen LogP contribution in [0, 0.1) is 6.92 Å². The van der Waals surface area contributed by atoms with Gasteiger partial charge < -0.3 is 23.8 Å². The second-order valence-electron chi connectivity index (χ2n) is 6.20. The van der Waals surface area contributed by atoms with Gasteiger partial charge in [0.2, 0.25) is 0 Å². The van der Waals surface area contributed by atoms with E-state index in [4.69, 9.17) is 18.9 Å². The number of methoxy groups -OCH3 is 2. The lowest BCUT2D eigenvalue weighted by Gasteiger charge is -2.30. The van der Waals surface area contributed by atoms with E-state index in [1.54, 1.807) is 25.0 Å². The summed E-state index contributed by atoms with van der Waals surface area (Å²) in [6.45, 7) is 3.84. The van der Waals surface area contributed by atoms with Gasteiger partial charge >= 0.3 is 5.97 Å². The van der Waals surface area contributed by atoms with Gasteiger partial charge in [0.15, 0.2) is 24.1 Å². The lowest BCUT2D eigenvalue weighted by molar-refractivity contribution is -0.158. The predicted molar refractivity (Wildman–Crippen MR) is 95.4 cm³/mol. The van der Waals surface area contributed by atoms with E-state index in [2.05, 4.69) is 0 Å². The molecule has 0 saturated heterocycles. The van der Waals surface area contributed by atoms with E-state index < -0.39 is 12.0 Å². The molecule has 0 radical (unpaired) electrons. The number of carbonyl (C=O) groups excluding carboxylic acids is 2. The van der Waals surface area contributed by atoms with Crippen LogP contribution in [0.3, 0.4) is 0 Å². The monoisotopic (exact) mass is 365 g/mol. The maximum atomic E-state index is 12.8. The van der Waals surface area contributed by atoms with Gasteiger partial charge in [-0.1, -0.05) is 6.07 Å². The first-order chi connectivity index (χ1) is 12.5. The number of rotatable bonds is 10. The zero-order valence-electron chi connectivity index (χ0n) is 15.8. The number of amides is 1. The van der Waals surface area contributed by atoms with Crippen molar-refractivity contribution in [3.8, 4) is 11.5 Å². The van der Waals surface area contributed by atoms with E-state index in [0.29, 0.717) is 11.5 Å². The van der Waals surface area contributed by atoms with Gasteiger partial charge in [-0.15, -0.1) is 0 Å². The van der Waals surface area contributed by atoms with Gasteiger partial charge in [0, 0.05) is 13.2 Å². The van der Waals surface area contributed by atoms with Gasteiger partial charge in [-0.2, -0.15) is 0 Å². The molecule has 1 aliphatic carbocycles. The smallest absolute Gasteiger partial charge is 0.331 e. The highest BCUT2D eigenvalue weighted by Gasteiger charge is 2.41. The molecule has 1 unspecified atom stereocenters. The second-order valence-corrected chi connectivity index (χ2v) is 6.20. The molecule has 0 bridgehead atoms. The third kappa shape index (κ3) is 5.11. The Hall–Kier alpha value is -2.28. The Morgan fingerprint density at radius 1 is 1.23 bits per heavy atom. The highest BCUT2D eigenvalue weighted by molar-refractivity contribution is 5.86. The number of carbonyl (C=O) groups is 2. The van der Waals surface area contributed by atoms with Crippen molar-refractivity contribution in [2.45, 2.75) is 38.8 Å². The van der Waals surface area contributed by atoms with Crippen molar-refractivity contribution in [3.05, 3.63) is 23.8 Å². The van der Waals surface area contributed by atoms with Gasteiger partial charge in [-0.05, 0) is 44.4 Å². The minimum absolute atomic E-state index is 0.0237. The van der Waals surface area contributed by atoms with E-state index in [1.165, 1.54) is 7.11 Å². The minimum Gasteiger partial charge on any atom is -0.493 e. The third-order valence-electron chi connectivity index (χ3n) is 4.12. The number of hydrogen-bond donors (Lipinski definition) is 0. The Morgan fingerprint density at radius 2 is 1.96 bits per heavy atom. The van der Waals surface area contributed by atoms with Crippen molar-refractivity contribution in [2.24, 2.45) is 0 Å². The molecule has 1 aliphatic rings. The SMILES string of the molecule is CCOC(=O)C(COC)N(C(=O)COc1ccc(C)cc1OC)C1CC1. The first kappa shape index (κ1) is 20.0. The van der Waals surface area contributed by atoms with Crippen molar-refractivity contribution in [2.75, 3.05) is 34.0 Å². The minimum atomic E-state index is -0.761. The Labute approximate surface area is 154 Å². The average molecular weight is 365 g/mol. The zero-order chi connectivity index (χ0) is 19.1. The summed E-state index contributed by atoms with van der Waals surface area (Å²) in [6.07, 6.45) is 1.72. The molecule has 0 spiro atoms. The normalized spacial score (nSPS) is 14.5. The number of nitrogens with zero attached hydrogens (tertiary/aromatic N) is 1. The zero-order valence-corrected chi connectivity index (χ0v) is 15.8.